The van der Waals surface area contributed by atoms with E-state index in [4.69, 9.17) is 0 Å². The van der Waals surface area contributed by atoms with E-state index < -0.39 is 11.7 Å². The molecule has 4 heteroatoms. The zero-order valence-corrected chi connectivity index (χ0v) is 11.7. The van der Waals surface area contributed by atoms with Crippen LogP contribution in [-0.2, 0) is 0 Å². The minimum atomic E-state index is -0.453. The van der Waals surface area contributed by atoms with Crippen molar-refractivity contribution in [2.45, 2.75) is 0 Å². The molecule has 108 valence electrons. The van der Waals surface area contributed by atoms with E-state index in [1.807, 2.05) is 42.5 Å². The van der Waals surface area contributed by atoms with Crippen molar-refractivity contribution in [1.29, 1.82) is 0 Å². The van der Waals surface area contributed by atoms with Gasteiger partial charge in [-0.15, -0.1) is 0 Å². The summed E-state index contributed by atoms with van der Waals surface area (Å²) in [6.07, 6.45) is 1.56. The smallest absolute Gasteiger partial charge is 0.267 e. The quantitative estimate of drug-likeness (QED) is 0.580. The van der Waals surface area contributed by atoms with Crippen molar-refractivity contribution in [2.75, 3.05) is 0 Å². The van der Waals surface area contributed by atoms with Crippen LogP contribution in [0.15, 0.2) is 71.8 Å². The number of fused-ring (bicyclic) bond motifs is 1. The van der Waals surface area contributed by atoms with Crippen molar-refractivity contribution in [1.82, 2.24) is 5.43 Å². The highest BCUT2D eigenvalue weighted by Crippen LogP contribution is 2.14. The van der Waals surface area contributed by atoms with E-state index in [0.29, 0.717) is 0 Å². The first-order valence-corrected chi connectivity index (χ1v) is 6.80. The molecular weight excluding hydrogens is 279 g/mol. The van der Waals surface area contributed by atoms with Crippen LogP contribution in [0.4, 0.5) is 4.39 Å². The predicted octanol–water partition coefficient (Wildman–Crippen LogP) is 3.74. The van der Waals surface area contributed by atoms with Crippen LogP contribution in [0.5, 0.6) is 0 Å². The van der Waals surface area contributed by atoms with E-state index in [-0.39, 0.29) is 5.56 Å². The maximum absolute atomic E-state index is 13.0. The molecule has 0 bridgehead atoms. The van der Waals surface area contributed by atoms with Crippen molar-refractivity contribution in [3.63, 3.8) is 0 Å². The zero-order valence-electron chi connectivity index (χ0n) is 11.7. The molecule has 3 aromatic carbocycles. The summed E-state index contributed by atoms with van der Waals surface area (Å²) in [6, 6.07) is 19.3. The minimum Gasteiger partial charge on any atom is -0.267 e. The first-order chi connectivity index (χ1) is 10.7. The van der Waals surface area contributed by atoms with Crippen LogP contribution in [0.3, 0.4) is 0 Å². The SMILES string of the molecule is O=C(N/N=C\c1ccc2ccccc2c1)c1cccc(F)c1. The molecule has 3 rings (SSSR count). The van der Waals surface area contributed by atoms with E-state index in [9.17, 15) is 9.18 Å². The molecule has 0 atom stereocenters. The highest BCUT2D eigenvalue weighted by molar-refractivity contribution is 5.95. The molecule has 0 unspecified atom stereocenters. The van der Waals surface area contributed by atoms with Gasteiger partial charge in [0.1, 0.15) is 5.82 Å². The summed E-state index contributed by atoms with van der Waals surface area (Å²) >= 11 is 0. The molecule has 0 fully saturated rings. The van der Waals surface area contributed by atoms with Gasteiger partial charge in [-0.25, -0.2) is 9.82 Å². The number of carbonyl (C=O) groups excluding carboxylic acids is 1. The molecule has 22 heavy (non-hydrogen) atoms. The van der Waals surface area contributed by atoms with Gasteiger partial charge in [0.25, 0.3) is 5.91 Å². The van der Waals surface area contributed by atoms with Crippen LogP contribution in [0, 0.1) is 5.82 Å². The summed E-state index contributed by atoms with van der Waals surface area (Å²) < 4.78 is 13.0. The number of carbonyl (C=O) groups is 1. The third-order valence-electron chi connectivity index (χ3n) is 3.24. The van der Waals surface area contributed by atoms with Crippen LogP contribution in [0.1, 0.15) is 15.9 Å². The standard InChI is InChI=1S/C18H13FN2O/c19-17-7-3-6-16(11-17)18(22)21-20-12-13-8-9-14-4-1-2-5-15(14)10-13/h1-12H,(H,21,22)/b20-12-. The topological polar surface area (TPSA) is 41.5 Å². The Morgan fingerprint density at radius 3 is 2.59 bits per heavy atom. The second-order valence-electron chi connectivity index (χ2n) is 4.82. The summed E-state index contributed by atoms with van der Waals surface area (Å²) in [4.78, 5) is 11.8. The highest BCUT2D eigenvalue weighted by Gasteiger charge is 2.04. The van der Waals surface area contributed by atoms with E-state index in [0.717, 1.165) is 16.3 Å². The fraction of sp³-hybridized carbons (Fsp3) is 0. The fourth-order valence-electron chi connectivity index (χ4n) is 2.15. The van der Waals surface area contributed by atoms with Crippen molar-refractivity contribution in [3.05, 3.63) is 83.7 Å². The number of rotatable bonds is 3. The molecule has 0 aliphatic carbocycles. The lowest BCUT2D eigenvalue weighted by Crippen LogP contribution is -2.17. The van der Waals surface area contributed by atoms with E-state index >= 15 is 0 Å². The van der Waals surface area contributed by atoms with Gasteiger partial charge in [-0.3, -0.25) is 4.79 Å². The van der Waals surface area contributed by atoms with Crippen LogP contribution in [-0.4, -0.2) is 12.1 Å². The van der Waals surface area contributed by atoms with Gasteiger partial charge in [-0.2, -0.15) is 5.10 Å². The lowest BCUT2D eigenvalue weighted by atomic mass is 10.1. The highest BCUT2D eigenvalue weighted by atomic mass is 19.1. The van der Waals surface area contributed by atoms with Gasteiger partial charge in [-0.05, 0) is 40.6 Å². The number of hydrogen-bond acceptors (Lipinski definition) is 2. The Bertz CT molecular complexity index is 858. The molecular formula is C18H13FN2O. The number of benzene rings is 3. The second-order valence-corrected chi connectivity index (χ2v) is 4.82. The Labute approximate surface area is 127 Å². The second kappa shape index (κ2) is 6.18. The normalized spacial score (nSPS) is 11.0. The van der Waals surface area contributed by atoms with Gasteiger partial charge in [-0.1, -0.05) is 42.5 Å². The molecule has 1 N–H and O–H groups in total. The van der Waals surface area contributed by atoms with Gasteiger partial charge < -0.3 is 0 Å². The van der Waals surface area contributed by atoms with Crippen LogP contribution < -0.4 is 5.43 Å². The molecule has 0 saturated carbocycles. The van der Waals surface area contributed by atoms with Crippen molar-refractivity contribution in [3.8, 4) is 0 Å². The number of hydrazone groups is 1. The first kappa shape index (κ1) is 13.9. The molecule has 0 aliphatic rings. The minimum absolute atomic E-state index is 0.232. The van der Waals surface area contributed by atoms with Gasteiger partial charge >= 0.3 is 0 Å². The summed E-state index contributed by atoms with van der Waals surface area (Å²) in [5.41, 5.74) is 3.49. The number of halogens is 1. The lowest BCUT2D eigenvalue weighted by Gasteiger charge is -2.01. The monoisotopic (exact) mass is 292 g/mol. The van der Waals surface area contributed by atoms with E-state index in [1.54, 1.807) is 6.21 Å². The summed E-state index contributed by atoms with van der Waals surface area (Å²) in [5.74, 6) is -0.900. The number of nitrogens with zero attached hydrogens (tertiary/aromatic N) is 1. The molecule has 0 saturated heterocycles. The summed E-state index contributed by atoms with van der Waals surface area (Å²) in [6.45, 7) is 0. The van der Waals surface area contributed by atoms with Crippen LogP contribution in [0.2, 0.25) is 0 Å². The Balaban J connectivity index is 1.72. The third-order valence-corrected chi connectivity index (χ3v) is 3.24. The number of hydrogen-bond donors (Lipinski definition) is 1. The molecule has 1 amide bonds. The number of nitrogens with one attached hydrogen (secondary N) is 1. The third kappa shape index (κ3) is 3.17. The molecule has 0 radical (unpaired) electrons. The Kier molecular flexibility index (Phi) is 3.92. The van der Waals surface area contributed by atoms with Gasteiger partial charge in [0.2, 0.25) is 0 Å². The molecule has 0 heterocycles. The predicted molar refractivity (Wildman–Crippen MR) is 85.4 cm³/mol. The van der Waals surface area contributed by atoms with Gasteiger partial charge in [0.15, 0.2) is 0 Å². The Morgan fingerprint density at radius 2 is 1.77 bits per heavy atom. The Morgan fingerprint density at radius 1 is 0.955 bits per heavy atom. The molecule has 3 aromatic rings. The van der Waals surface area contributed by atoms with Crippen LogP contribution >= 0.6 is 0 Å². The molecule has 0 aromatic heterocycles. The molecule has 3 nitrogen and oxygen atoms in total. The van der Waals surface area contributed by atoms with E-state index in [2.05, 4.69) is 10.5 Å². The summed E-state index contributed by atoms with van der Waals surface area (Å²) in [5, 5.41) is 6.15. The molecule has 0 spiro atoms. The average Bonchev–Trinajstić information content (AvgIpc) is 2.54. The summed E-state index contributed by atoms with van der Waals surface area (Å²) in [7, 11) is 0. The lowest BCUT2D eigenvalue weighted by molar-refractivity contribution is 0.0954. The van der Waals surface area contributed by atoms with Crippen molar-refractivity contribution < 1.29 is 9.18 Å². The van der Waals surface area contributed by atoms with E-state index in [1.165, 1.54) is 24.3 Å². The van der Waals surface area contributed by atoms with Crippen LogP contribution in [0.25, 0.3) is 10.8 Å². The Hall–Kier alpha value is -3.01. The van der Waals surface area contributed by atoms with Gasteiger partial charge in [0, 0.05) is 5.56 Å². The maximum atomic E-state index is 13.0. The molecule has 0 aliphatic heterocycles. The van der Waals surface area contributed by atoms with Crippen molar-refractivity contribution >= 4 is 22.9 Å². The zero-order chi connectivity index (χ0) is 15.4. The maximum Gasteiger partial charge on any atom is 0.271 e. The van der Waals surface area contributed by atoms with Gasteiger partial charge in [0.05, 0.1) is 6.21 Å². The first-order valence-electron chi connectivity index (χ1n) is 6.80. The number of amides is 1. The average molecular weight is 292 g/mol. The fourth-order valence-corrected chi connectivity index (χ4v) is 2.15. The largest absolute Gasteiger partial charge is 0.271 e. The van der Waals surface area contributed by atoms with Crippen molar-refractivity contribution in [2.24, 2.45) is 5.10 Å².